The van der Waals surface area contributed by atoms with Gasteiger partial charge >= 0.3 is 6.03 Å². The number of hydrogen-bond acceptors (Lipinski definition) is 3. The first-order valence-corrected chi connectivity index (χ1v) is 8.99. The molecular formula is C21H28N4O2. The molecule has 144 valence electrons. The molecule has 0 spiro atoms. The van der Waals surface area contributed by atoms with Crippen LogP contribution >= 0.6 is 0 Å². The Morgan fingerprint density at radius 2 is 1.59 bits per heavy atom. The van der Waals surface area contributed by atoms with E-state index in [0.29, 0.717) is 12.2 Å². The van der Waals surface area contributed by atoms with Gasteiger partial charge < -0.3 is 20.4 Å². The number of carbonyl (C=O) groups is 2. The fourth-order valence-corrected chi connectivity index (χ4v) is 2.58. The van der Waals surface area contributed by atoms with Gasteiger partial charge in [0.2, 0.25) is 5.91 Å². The Morgan fingerprint density at radius 1 is 0.963 bits per heavy atom. The summed E-state index contributed by atoms with van der Waals surface area (Å²) in [6, 6.07) is 17.2. The van der Waals surface area contributed by atoms with E-state index in [4.69, 9.17) is 0 Å². The zero-order valence-electron chi connectivity index (χ0n) is 16.4. The number of para-hydroxylation sites is 2. The molecule has 0 bridgehead atoms. The highest BCUT2D eigenvalue weighted by Crippen LogP contribution is 2.16. The van der Waals surface area contributed by atoms with Crippen LogP contribution in [0.4, 0.5) is 16.2 Å². The second-order valence-corrected chi connectivity index (χ2v) is 6.75. The van der Waals surface area contributed by atoms with Gasteiger partial charge in [-0.15, -0.1) is 0 Å². The van der Waals surface area contributed by atoms with Crippen LogP contribution in [-0.4, -0.2) is 50.6 Å². The molecule has 0 aromatic heterocycles. The average molecular weight is 368 g/mol. The van der Waals surface area contributed by atoms with Crippen LogP contribution in [0.15, 0.2) is 54.6 Å². The number of nitrogens with one attached hydrogen (secondary N) is 2. The lowest BCUT2D eigenvalue weighted by atomic mass is 10.1. The van der Waals surface area contributed by atoms with Crippen molar-refractivity contribution in [1.82, 2.24) is 10.2 Å². The Morgan fingerprint density at radius 3 is 2.26 bits per heavy atom. The molecule has 0 unspecified atom stereocenters. The van der Waals surface area contributed by atoms with Gasteiger partial charge in [-0.05, 0) is 30.7 Å². The van der Waals surface area contributed by atoms with E-state index in [1.165, 1.54) is 4.90 Å². The zero-order chi connectivity index (χ0) is 19.8. The topological polar surface area (TPSA) is 64.7 Å². The van der Waals surface area contributed by atoms with Crippen LogP contribution in [0, 0.1) is 0 Å². The maximum atomic E-state index is 12.3. The van der Waals surface area contributed by atoms with Crippen LogP contribution in [0.2, 0.25) is 0 Å². The molecule has 2 N–H and O–H groups in total. The number of nitrogens with zero attached hydrogens (tertiary/aromatic N) is 2. The van der Waals surface area contributed by atoms with Crippen LogP contribution in [-0.2, 0) is 11.2 Å². The summed E-state index contributed by atoms with van der Waals surface area (Å²) in [4.78, 5) is 27.9. The van der Waals surface area contributed by atoms with Crippen molar-refractivity contribution >= 4 is 23.3 Å². The summed E-state index contributed by atoms with van der Waals surface area (Å²) in [6.07, 6.45) is 0.247. The quantitative estimate of drug-likeness (QED) is 0.790. The van der Waals surface area contributed by atoms with E-state index in [1.807, 2.05) is 55.6 Å². The molecule has 6 nitrogen and oxygen atoms in total. The minimum Gasteiger partial charge on any atom is -0.370 e. The van der Waals surface area contributed by atoms with Gasteiger partial charge in [-0.3, -0.25) is 4.79 Å². The van der Waals surface area contributed by atoms with Gasteiger partial charge in [-0.2, -0.15) is 0 Å². The van der Waals surface area contributed by atoms with Crippen LogP contribution in [0.25, 0.3) is 0 Å². The molecule has 1 atom stereocenters. The minimum absolute atomic E-state index is 0.0113. The van der Waals surface area contributed by atoms with Crippen LogP contribution in [0.3, 0.4) is 0 Å². The maximum absolute atomic E-state index is 12.3. The van der Waals surface area contributed by atoms with Gasteiger partial charge in [0.05, 0.1) is 6.42 Å². The van der Waals surface area contributed by atoms with Crippen molar-refractivity contribution in [1.29, 1.82) is 0 Å². The lowest BCUT2D eigenvalue weighted by molar-refractivity contribution is -0.127. The number of anilines is 2. The largest absolute Gasteiger partial charge is 0.370 e. The maximum Gasteiger partial charge on any atom is 0.319 e. The highest BCUT2D eigenvalue weighted by atomic mass is 16.2. The summed E-state index contributed by atoms with van der Waals surface area (Å²) in [5.41, 5.74) is 2.54. The van der Waals surface area contributed by atoms with Gasteiger partial charge in [-0.25, -0.2) is 4.79 Å². The first-order valence-electron chi connectivity index (χ1n) is 8.99. The number of hydrogen-bond donors (Lipinski definition) is 2. The highest BCUT2D eigenvalue weighted by molar-refractivity contribution is 5.91. The van der Waals surface area contributed by atoms with Crippen molar-refractivity contribution in [3.05, 3.63) is 60.2 Å². The van der Waals surface area contributed by atoms with E-state index in [-0.39, 0.29) is 24.4 Å². The van der Waals surface area contributed by atoms with E-state index in [0.717, 1.165) is 11.3 Å². The van der Waals surface area contributed by atoms with E-state index in [2.05, 4.69) is 22.5 Å². The Balaban J connectivity index is 1.91. The summed E-state index contributed by atoms with van der Waals surface area (Å²) >= 11 is 0. The molecule has 2 aromatic rings. The van der Waals surface area contributed by atoms with Crippen LogP contribution < -0.4 is 15.5 Å². The fraction of sp³-hybridized carbons (Fsp3) is 0.333. The second-order valence-electron chi connectivity index (χ2n) is 6.75. The highest BCUT2D eigenvalue weighted by Gasteiger charge is 2.13. The number of rotatable bonds is 7. The van der Waals surface area contributed by atoms with Gasteiger partial charge in [-0.1, -0.05) is 36.4 Å². The monoisotopic (exact) mass is 368 g/mol. The molecule has 3 amide bonds. The Labute approximate surface area is 161 Å². The molecule has 0 aliphatic rings. The second kappa shape index (κ2) is 9.62. The molecule has 0 fully saturated rings. The summed E-state index contributed by atoms with van der Waals surface area (Å²) in [5, 5.41) is 5.75. The number of urea groups is 1. The van der Waals surface area contributed by atoms with E-state index in [1.54, 1.807) is 20.2 Å². The summed E-state index contributed by atoms with van der Waals surface area (Å²) in [5.74, 6) is -0.0113. The Hall–Kier alpha value is -3.02. The van der Waals surface area contributed by atoms with E-state index >= 15 is 0 Å². The predicted octanol–water partition coefficient (Wildman–Crippen LogP) is 2.96. The number of benzene rings is 2. The summed E-state index contributed by atoms with van der Waals surface area (Å²) < 4.78 is 0. The molecule has 0 saturated heterocycles. The van der Waals surface area contributed by atoms with Crippen molar-refractivity contribution in [2.24, 2.45) is 0 Å². The lowest BCUT2D eigenvalue weighted by Crippen LogP contribution is -2.41. The molecule has 6 heteroatoms. The van der Waals surface area contributed by atoms with Gasteiger partial charge in [0.15, 0.2) is 0 Å². The van der Waals surface area contributed by atoms with Crippen LogP contribution in [0.5, 0.6) is 0 Å². The van der Waals surface area contributed by atoms with Gasteiger partial charge in [0.25, 0.3) is 0 Å². The van der Waals surface area contributed by atoms with Crippen LogP contribution in [0.1, 0.15) is 12.5 Å². The molecule has 0 saturated carbocycles. The first kappa shape index (κ1) is 20.3. The van der Waals surface area contributed by atoms with Crippen molar-refractivity contribution < 1.29 is 9.59 Å². The molecule has 0 aliphatic heterocycles. The van der Waals surface area contributed by atoms with Gasteiger partial charge in [0.1, 0.15) is 0 Å². The average Bonchev–Trinajstić information content (AvgIpc) is 2.67. The molecular weight excluding hydrogens is 340 g/mol. The molecule has 2 aromatic carbocycles. The minimum atomic E-state index is -0.284. The van der Waals surface area contributed by atoms with Crippen molar-refractivity contribution in [3.63, 3.8) is 0 Å². The SMILES string of the molecule is C[C@@H](CNC(=O)Nc1ccccc1CC(=O)N(C)C)N(C)c1ccccc1. The fourth-order valence-electron chi connectivity index (χ4n) is 2.58. The molecule has 0 radical (unpaired) electrons. The lowest BCUT2D eigenvalue weighted by Gasteiger charge is -2.27. The predicted molar refractivity (Wildman–Crippen MR) is 110 cm³/mol. The third-order valence-corrected chi connectivity index (χ3v) is 4.49. The summed E-state index contributed by atoms with van der Waals surface area (Å²) in [7, 11) is 5.44. The number of amides is 3. The molecule has 2 rings (SSSR count). The molecule has 0 aliphatic carbocycles. The third-order valence-electron chi connectivity index (χ3n) is 4.49. The summed E-state index contributed by atoms with van der Waals surface area (Å²) in [6.45, 7) is 2.55. The van der Waals surface area contributed by atoms with Gasteiger partial charge in [0, 0.05) is 45.1 Å². The Kier molecular flexibility index (Phi) is 7.23. The smallest absolute Gasteiger partial charge is 0.319 e. The first-order chi connectivity index (χ1) is 12.9. The molecule has 27 heavy (non-hydrogen) atoms. The molecule has 0 heterocycles. The van der Waals surface area contributed by atoms with Crippen molar-refractivity contribution in [2.75, 3.05) is 37.9 Å². The Bertz CT molecular complexity index is 762. The van der Waals surface area contributed by atoms with Crippen molar-refractivity contribution in [3.8, 4) is 0 Å². The zero-order valence-corrected chi connectivity index (χ0v) is 16.4. The standard InChI is InChI=1S/C21H28N4O2/c1-16(25(4)18-11-6-5-7-12-18)15-22-21(27)23-19-13-9-8-10-17(19)14-20(26)24(2)3/h5-13,16H,14-15H2,1-4H3,(H2,22,23,27)/t16-/m0/s1. The van der Waals surface area contributed by atoms with Crippen molar-refractivity contribution in [2.45, 2.75) is 19.4 Å². The van der Waals surface area contributed by atoms with E-state index in [9.17, 15) is 9.59 Å². The number of carbonyl (C=O) groups excluding carboxylic acids is 2. The third kappa shape index (κ3) is 6.02. The van der Waals surface area contributed by atoms with E-state index < -0.39 is 0 Å². The number of likely N-dealkylation sites (N-methyl/N-ethyl adjacent to an activating group) is 2. The normalized spacial score (nSPS) is 11.4.